The fraction of sp³-hybridized carbons (Fsp3) is 1.00. The van der Waals surface area contributed by atoms with Crippen LogP contribution in [0.1, 0.15) is 12.8 Å². The molecule has 1 heterocycles. The molecule has 0 unspecified atom stereocenters. The molecule has 3 heteroatoms. The monoisotopic (exact) mass is 155 g/mol. The van der Waals surface area contributed by atoms with Crippen molar-refractivity contribution in [2.75, 3.05) is 19.1 Å². The highest BCUT2D eigenvalue weighted by Crippen LogP contribution is 2.06. The van der Waals surface area contributed by atoms with Gasteiger partial charge in [0.1, 0.15) is 0 Å². The van der Waals surface area contributed by atoms with Gasteiger partial charge in [-0.05, 0) is 25.9 Å². The summed E-state index contributed by atoms with van der Waals surface area (Å²) in [7, 11) is 0. The molecule has 1 aliphatic heterocycles. The Labute approximate surface area is 61.4 Å². The summed E-state index contributed by atoms with van der Waals surface area (Å²) in [5.41, 5.74) is 0. The summed E-state index contributed by atoms with van der Waals surface area (Å²) < 4.78 is 0. The highest BCUT2D eigenvalue weighted by atomic mass is 35.5. The van der Waals surface area contributed by atoms with Crippen molar-refractivity contribution < 1.29 is 0 Å². The molecule has 0 aromatic carbocycles. The molecule has 1 saturated heterocycles. The number of alkyl halides is 1. The molecule has 1 aliphatic rings. The molecule has 1 fully saturated rings. The van der Waals surface area contributed by atoms with Crippen molar-refractivity contribution in [1.82, 2.24) is 4.90 Å². The van der Waals surface area contributed by atoms with Crippen LogP contribution >= 0.6 is 24.0 Å². The summed E-state index contributed by atoms with van der Waals surface area (Å²) in [5.74, 6) is 0. The van der Waals surface area contributed by atoms with Crippen LogP contribution in [0.25, 0.3) is 0 Å². The Morgan fingerprint density at radius 1 is 1.25 bits per heavy atom. The Morgan fingerprint density at radius 3 is 2.00 bits per heavy atom. The summed E-state index contributed by atoms with van der Waals surface area (Å²) in [4.78, 5) is 2.25. The van der Waals surface area contributed by atoms with Crippen LogP contribution in [0.4, 0.5) is 0 Å². The van der Waals surface area contributed by atoms with Gasteiger partial charge in [-0.2, -0.15) is 0 Å². The van der Waals surface area contributed by atoms with Gasteiger partial charge in [-0.3, -0.25) is 4.90 Å². The van der Waals surface area contributed by atoms with Gasteiger partial charge in [-0.15, -0.1) is 24.0 Å². The molecule has 0 atom stereocenters. The predicted molar refractivity (Wildman–Crippen MR) is 38.8 cm³/mol. The molecule has 0 radical (unpaired) electrons. The first kappa shape index (κ1) is 8.54. The Bertz CT molecular complexity index is 52.4. The Kier molecular flexibility index (Phi) is 4.72. The molecule has 1 nitrogen and oxygen atoms in total. The molecule has 8 heavy (non-hydrogen) atoms. The molecule has 0 aromatic rings. The van der Waals surface area contributed by atoms with E-state index in [4.69, 9.17) is 11.6 Å². The fourth-order valence-electron chi connectivity index (χ4n) is 0.902. The lowest BCUT2D eigenvalue weighted by atomic mass is 10.4. The minimum absolute atomic E-state index is 0. The number of halogens is 2. The van der Waals surface area contributed by atoms with E-state index in [1.54, 1.807) is 0 Å². The molecule has 0 aromatic heterocycles. The van der Waals surface area contributed by atoms with Gasteiger partial charge >= 0.3 is 0 Å². The van der Waals surface area contributed by atoms with Gasteiger partial charge in [0.05, 0.1) is 6.00 Å². The first-order valence-electron chi connectivity index (χ1n) is 2.72. The molecule has 1 rings (SSSR count). The highest BCUT2D eigenvalue weighted by molar-refractivity contribution is 6.17. The van der Waals surface area contributed by atoms with E-state index in [9.17, 15) is 0 Å². The third-order valence-corrected chi connectivity index (χ3v) is 1.71. The second kappa shape index (κ2) is 4.42. The van der Waals surface area contributed by atoms with Crippen molar-refractivity contribution in [2.24, 2.45) is 0 Å². The number of rotatable bonds is 1. The van der Waals surface area contributed by atoms with Gasteiger partial charge in [0.15, 0.2) is 0 Å². The molecule has 50 valence electrons. The van der Waals surface area contributed by atoms with Gasteiger partial charge in [0.25, 0.3) is 0 Å². The third-order valence-electron chi connectivity index (χ3n) is 1.37. The standard InChI is InChI=1S/C5H10ClN.ClH/c6-5-7-3-1-2-4-7;/h1-5H2;1H. The summed E-state index contributed by atoms with van der Waals surface area (Å²) in [6.07, 6.45) is 2.68. The first-order valence-corrected chi connectivity index (χ1v) is 3.25. The second-order valence-electron chi connectivity index (χ2n) is 1.94. The number of hydrogen-bond donors (Lipinski definition) is 0. The summed E-state index contributed by atoms with van der Waals surface area (Å²) >= 11 is 5.53. The van der Waals surface area contributed by atoms with Crippen molar-refractivity contribution in [3.8, 4) is 0 Å². The summed E-state index contributed by atoms with van der Waals surface area (Å²) in [6.45, 7) is 2.42. The van der Waals surface area contributed by atoms with E-state index >= 15 is 0 Å². The minimum Gasteiger partial charge on any atom is -0.290 e. The topological polar surface area (TPSA) is 3.24 Å². The maximum atomic E-state index is 5.53. The maximum absolute atomic E-state index is 5.53. The van der Waals surface area contributed by atoms with Crippen molar-refractivity contribution in [2.45, 2.75) is 12.8 Å². The van der Waals surface area contributed by atoms with Crippen LogP contribution in [0.5, 0.6) is 0 Å². The van der Waals surface area contributed by atoms with Crippen molar-refractivity contribution in [1.29, 1.82) is 0 Å². The second-order valence-corrected chi connectivity index (χ2v) is 2.18. The van der Waals surface area contributed by atoms with Crippen LogP contribution in [-0.4, -0.2) is 24.0 Å². The van der Waals surface area contributed by atoms with Gasteiger partial charge in [-0.25, -0.2) is 0 Å². The van der Waals surface area contributed by atoms with Crippen molar-refractivity contribution in [3.05, 3.63) is 0 Å². The number of hydrogen-bond acceptors (Lipinski definition) is 1. The number of likely N-dealkylation sites (tertiary alicyclic amines) is 1. The molecular formula is C5H11Cl2N. The lowest BCUT2D eigenvalue weighted by Gasteiger charge is -2.06. The molecule has 0 spiro atoms. The van der Waals surface area contributed by atoms with E-state index in [0.717, 1.165) is 6.00 Å². The summed E-state index contributed by atoms with van der Waals surface area (Å²) in [5, 5.41) is 0. The third kappa shape index (κ3) is 2.21. The van der Waals surface area contributed by atoms with E-state index in [2.05, 4.69) is 4.90 Å². The lowest BCUT2D eigenvalue weighted by Crippen LogP contribution is -2.15. The van der Waals surface area contributed by atoms with Crippen molar-refractivity contribution >= 4 is 24.0 Å². The molecule has 0 bridgehead atoms. The van der Waals surface area contributed by atoms with Crippen LogP contribution < -0.4 is 0 Å². The minimum atomic E-state index is 0. The zero-order valence-corrected chi connectivity index (χ0v) is 6.34. The molecule has 0 saturated carbocycles. The Morgan fingerprint density at radius 2 is 1.75 bits per heavy atom. The summed E-state index contributed by atoms with van der Waals surface area (Å²) in [6, 6.07) is 0.722. The molecule has 0 amide bonds. The van der Waals surface area contributed by atoms with Crippen LogP contribution in [0.15, 0.2) is 0 Å². The van der Waals surface area contributed by atoms with E-state index in [-0.39, 0.29) is 12.4 Å². The highest BCUT2D eigenvalue weighted by Gasteiger charge is 2.07. The quantitative estimate of drug-likeness (QED) is 0.412. The smallest absolute Gasteiger partial charge is 0.0738 e. The first-order chi connectivity index (χ1) is 3.43. The van der Waals surface area contributed by atoms with Gasteiger partial charge in [-0.1, -0.05) is 0 Å². The van der Waals surface area contributed by atoms with E-state index in [1.165, 1.54) is 25.9 Å². The zero-order valence-electron chi connectivity index (χ0n) is 4.77. The van der Waals surface area contributed by atoms with E-state index in [0.29, 0.717) is 0 Å². The van der Waals surface area contributed by atoms with Gasteiger partial charge < -0.3 is 0 Å². The Balaban J connectivity index is 0.000000490. The molecule has 0 aliphatic carbocycles. The van der Waals surface area contributed by atoms with Crippen LogP contribution in [0.2, 0.25) is 0 Å². The number of nitrogens with zero attached hydrogens (tertiary/aromatic N) is 1. The zero-order chi connectivity index (χ0) is 5.11. The molecular weight excluding hydrogens is 145 g/mol. The average Bonchev–Trinajstić information content (AvgIpc) is 2.14. The van der Waals surface area contributed by atoms with Crippen molar-refractivity contribution in [3.63, 3.8) is 0 Å². The Hall–Kier alpha value is 0.540. The molecule has 0 N–H and O–H groups in total. The SMILES string of the molecule is Cl.ClCN1CCCC1. The van der Waals surface area contributed by atoms with Gasteiger partial charge in [0.2, 0.25) is 0 Å². The van der Waals surface area contributed by atoms with E-state index < -0.39 is 0 Å². The maximum Gasteiger partial charge on any atom is 0.0738 e. The average molecular weight is 156 g/mol. The van der Waals surface area contributed by atoms with Crippen LogP contribution in [0.3, 0.4) is 0 Å². The van der Waals surface area contributed by atoms with Gasteiger partial charge in [0, 0.05) is 0 Å². The van der Waals surface area contributed by atoms with Crippen LogP contribution in [0, 0.1) is 0 Å². The normalized spacial score (nSPS) is 20.6. The predicted octanol–water partition coefficient (Wildman–Crippen LogP) is 1.70. The van der Waals surface area contributed by atoms with E-state index in [1.807, 2.05) is 0 Å². The van der Waals surface area contributed by atoms with Crippen LogP contribution in [-0.2, 0) is 0 Å². The lowest BCUT2D eigenvalue weighted by molar-refractivity contribution is 0.397. The largest absolute Gasteiger partial charge is 0.290 e. The fourth-order valence-corrected chi connectivity index (χ4v) is 1.14.